The van der Waals surface area contributed by atoms with Crippen molar-refractivity contribution in [3.05, 3.63) is 119 Å². The summed E-state index contributed by atoms with van der Waals surface area (Å²) in [6.45, 7) is 0. The lowest BCUT2D eigenvalue weighted by molar-refractivity contribution is -0.138. The molecule has 0 atom stereocenters. The summed E-state index contributed by atoms with van der Waals surface area (Å²) in [5.74, 6) is -1.09. The minimum atomic E-state index is -4.52. The molecule has 2 nitrogen and oxygen atoms in total. The highest BCUT2D eigenvalue weighted by atomic mass is 35.5. The molecule has 0 aliphatic heterocycles. The monoisotopic (exact) mass is 524 g/mol. The van der Waals surface area contributed by atoms with Crippen LogP contribution >= 0.6 is 11.6 Å². The summed E-state index contributed by atoms with van der Waals surface area (Å²) in [6, 6.07) is 13.2. The second-order valence-electron chi connectivity index (χ2n) is 7.60. The average Bonchev–Trinajstić information content (AvgIpc) is 3.34. The molecule has 1 aromatic heterocycles. The molecule has 2 radical (unpaired) electrons. The average molecular weight is 525 g/mol. The zero-order valence-electron chi connectivity index (χ0n) is 18.4. The Labute approximate surface area is 208 Å². The van der Waals surface area contributed by atoms with Crippen molar-refractivity contribution in [2.45, 2.75) is 24.6 Å². The van der Waals surface area contributed by atoms with Gasteiger partial charge in [0.1, 0.15) is 5.82 Å². The van der Waals surface area contributed by atoms with E-state index in [4.69, 9.17) is 19.4 Å². The first-order chi connectivity index (χ1) is 16.9. The molecule has 0 aliphatic carbocycles. The molecule has 0 spiro atoms. The summed E-state index contributed by atoms with van der Waals surface area (Å²) in [5, 5.41) is 0.373. The second kappa shape index (κ2) is 11.2. The molecular formula is C25H17BClF7N2. The molecule has 0 saturated heterocycles. The molecule has 1 heterocycles. The lowest BCUT2D eigenvalue weighted by Gasteiger charge is -2.19. The lowest BCUT2D eigenvalue weighted by Crippen LogP contribution is -2.09. The summed E-state index contributed by atoms with van der Waals surface area (Å²) in [6.07, 6.45) is -4.16. The Hall–Kier alpha value is -3.27. The molecule has 0 amide bonds. The molecule has 0 saturated carbocycles. The van der Waals surface area contributed by atoms with Crippen LogP contribution in [0.5, 0.6) is 0 Å². The first-order valence-corrected chi connectivity index (χ1v) is 10.8. The van der Waals surface area contributed by atoms with Crippen LogP contribution < -0.4 is 0 Å². The Bertz CT molecular complexity index is 1230. The number of nitrogens with zero attached hydrogens (tertiary/aromatic N) is 2. The maximum Gasteiger partial charge on any atom is 0.416 e. The molecule has 11 heteroatoms. The Morgan fingerprint density at radius 3 is 1.81 bits per heavy atom. The van der Waals surface area contributed by atoms with Gasteiger partial charge >= 0.3 is 12.4 Å². The SMILES string of the molecule is Fc1ccc(-n2ccnc2)c(Cl)c1.[B]CC(c1cccc(C(F)(F)F)c1)c1cccc(C(F)(F)F)c1. The third-order valence-corrected chi connectivity index (χ3v) is 5.46. The molecule has 0 fully saturated rings. The van der Waals surface area contributed by atoms with Crippen LogP contribution in [-0.4, -0.2) is 17.4 Å². The maximum absolute atomic E-state index is 12.8. The Morgan fingerprint density at radius 1 is 0.833 bits per heavy atom. The van der Waals surface area contributed by atoms with Crippen LogP contribution in [0.4, 0.5) is 30.7 Å². The standard InChI is InChI=1S/C16H11BF6.C9H6ClFN2/c17-9-14(10-3-1-5-12(7-10)15(18,19)20)11-4-2-6-13(8-11)16(21,22)23;10-8-5-7(11)1-2-9(8)13-4-3-12-6-13/h1-8,14H,9H2;1-6H. The molecule has 0 N–H and O–H groups in total. The zero-order chi connectivity index (χ0) is 26.5. The first-order valence-electron chi connectivity index (χ1n) is 10.4. The molecular weight excluding hydrogens is 508 g/mol. The van der Waals surface area contributed by atoms with Crippen molar-refractivity contribution in [1.29, 1.82) is 0 Å². The van der Waals surface area contributed by atoms with Crippen LogP contribution in [0, 0.1) is 5.82 Å². The van der Waals surface area contributed by atoms with Gasteiger partial charge in [-0.05, 0) is 41.5 Å². The highest BCUT2D eigenvalue weighted by Crippen LogP contribution is 2.36. The number of hydrogen-bond donors (Lipinski definition) is 0. The Kier molecular flexibility index (Phi) is 8.50. The van der Waals surface area contributed by atoms with Crippen molar-refractivity contribution in [1.82, 2.24) is 9.55 Å². The van der Waals surface area contributed by atoms with E-state index in [2.05, 4.69) is 4.98 Å². The summed E-state index contributed by atoms with van der Waals surface area (Å²) in [4.78, 5) is 3.87. The van der Waals surface area contributed by atoms with Gasteiger partial charge in [0.05, 0.1) is 36.0 Å². The molecule has 0 bridgehead atoms. The number of alkyl halides is 6. The molecule has 3 aromatic carbocycles. The van der Waals surface area contributed by atoms with Crippen molar-refractivity contribution in [3.63, 3.8) is 0 Å². The highest BCUT2D eigenvalue weighted by molar-refractivity contribution is 6.32. The van der Waals surface area contributed by atoms with Gasteiger partial charge in [0, 0.05) is 18.3 Å². The number of aromatic nitrogens is 2. The third kappa shape index (κ3) is 6.90. The number of benzene rings is 3. The van der Waals surface area contributed by atoms with Gasteiger partial charge in [-0.1, -0.05) is 54.3 Å². The Morgan fingerprint density at radius 2 is 1.39 bits per heavy atom. The summed E-state index contributed by atoms with van der Waals surface area (Å²) in [7, 11) is 5.59. The Balaban J connectivity index is 0.000000233. The van der Waals surface area contributed by atoms with Crippen LogP contribution in [0.1, 0.15) is 28.2 Å². The smallest absolute Gasteiger partial charge is 0.305 e. The predicted octanol–water partition coefficient (Wildman–Crippen LogP) is 8.11. The van der Waals surface area contributed by atoms with Crippen molar-refractivity contribution >= 4 is 19.4 Å². The summed E-state index contributed by atoms with van der Waals surface area (Å²) in [5.41, 5.74) is -0.551. The van der Waals surface area contributed by atoms with Gasteiger partial charge in [0.2, 0.25) is 0 Å². The van der Waals surface area contributed by atoms with E-state index in [-0.39, 0.29) is 23.3 Å². The number of halogens is 8. The van der Waals surface area contributed by atoms with E-state index < -0.39 is 29.4 Å². The molecule has 186 valence electrons. The number of rotatable bonds is 4. The van der Waals surface area contributed by atoms with E-state index in [0.29, 0.717) is 5.02 Å². The van der Waals surface area contributed by atoms with Gasteiger partial charge in [-0.25, -0.2) is 9.37 Å². The molecule has 4 aromatic rings. The minimum Gasteiger partial charge on any atom is -0.305 e. The van der Waals surface area contributed by atoms with Gasteiger partial charge in [-0.15, -0.1) is 0 Å². The molecule has 4 rings (SSSR count). The normalized spacial score (nSPS) is 11.8. The van der Waals surface area contributed by atoms with E-state index in [9.17, 15) is 30.7 Å². The lowest BCUT2D eigenvalue weighted by atomic mass is 9.80. The van der Waals surface area contributed by atoms with E-state index in [1.54, 1.807) is 29.4 Å². The van der Waals surface area contributed by atoms with Gasteiger partial charge in [0.25, 0.3) is 0 Å². The molecule has 36 heavy (non-hydrogen) atoms. The molecule has 0 unspecified atom stereocenters. The first kappa shape index (κ1) is 27.3. The van der Waals surface area contributed by atoms with Crippen molar-refractivity contribution in [2.75, 3.05) is 0 Å². The predicted molar refractivity (Wildman–Crippen MR) is 124 cm³/mol. The van der Waals surface area contributed by atoms with E-state index in [1.165, 1.54) is 36.4 Å². The number of imidazole rings is 1. The fourth-order valence-electron chi connectivity index (χ4n) is 3.42. The van der Waals surface area contributed by atoms with Gasteiger partial charge in [0.15, 0.2) is 0 Å². The second-order valence-corrected chi connectivity index (χ2v) is 8.01. The molecule has 0 aliphatic rings. The minimum absolute atomic E-state index is 0.109. The van der Waals surface area contributed by atoms with Crippen molar-refractivity contribution in [3.8, 4) is 5.69 Å². The van der Waals surface area contributed by atoms with E-state index in [1.807, 2.05) is 0 Å². The topological polar surface area (TPSA) is 17.8 Å². The van der Waals surface area contributed by atoms with Crippen LogP contribution in [-0.2, 0) is 12.4 Å². The fraction of sp³-hybridized carbons (Fsp3) is 0.160. The van der Waals surface area contributed by atoms with Crippen LogP contribution in [0.15, 0.2) is 85.5 Å². The fourth-order valence-corrected chi connectivity index (χ4v) is 3.69. The van der Waals surface area contributed by atoms with Crippen LogP contribution in [0.25, 0.3) is 5.69 Å². The van der Waals surface area contributed by atoms with Crippen molar-refractivity contribution in [2.24, 2.45) is 0 Å². The summed E-state index contributed by atoms with van der Waals surface area (Å²) >= 11 is 5.83. The quantitative estimate of drug-likeness (QED) is 0.195. The van der Waals surface area contributed by atoms with Crippen LogP contribution in [0.2, 0.25) is 11.3 Å². The van der Waals surface area contributed by atoms with Crippen molar-refractivity contribution < 1.29 is 30.7 Å². The number of hydrogen-bond acceptors (Lipinski definition) is 1. The van der Waals surface area contributed by atoms with Gasteiger partial charge < -0.3 is 4.57 Å². The van der Waals surface area contributed by atoms with Gasteiger partial charge in [-0.3, -0.25) is 0 Å². The van der Waals surface area contributed by atoms with Gasteiger partial charge in [-0.2, -0.15) is 26.3 Å². The third-order valence-electron chi connectivity index (χ3n) is 5.16. The summed E-state index contributed by atoms with van der Waals surface area (Å²) < 4.78 is 91.1. The highest BCUT2D eigenvalue weighted by Gasteiger charge is 2.32. The largest absolute Gasteiger partial charge is 0.416 e. The maximum atomic E-state index is 12.8. The van der Waals surface area contributed by atoms with Crippen LogP contribution in [0.3, 0.4) is 0 Å². The van der Waals surface area contributed by atoms with E-state index in [0.717, 1.165) is 30.0 Å². The zero-order valence-corrected chi connectivity index (χ0v) is 19.1. The van der Waals surface area contributed by atoms with E-state index >= 15 is 0 Å².